The molecule has 0 aliphatic carbocycles. The molecule has 1 amide bonds. The smallest absolute Gasteiger partial charge is 0.410 e. The molecule has 2 heterocycles. The van der Waals surface area contributed by atoms with Crippen molar-refractivity contribution in [1.82, 2.24) is 9.91 Å². The first-order valence-electron chi connectivity index (χ1n) is 6.45. The van der Waals surface area contributed by atoms with Crippen molar-refractivity contribution >= 4 is 6.09 Å². The zero-order valence-corrected chi connectivity index (χ0v) is 11.3. The van der Waals surface area contributed by atoms with Crippen LogP contribution in [0.1, 0.15) is 27.2 Å². The predicted molar refractivity (Wildman–Crippen MR) is 66.8 cm³/mol. The highest BCUT2D eigenvalue weighted by Crippen LogP contribution is 2.31. The van der Waals surface area contributed by atoms with Crippen LogP contribution < -0.4 is 0 Å². The SMILES string of the molecule is CC(C)(C)OC(=O)N1CCC2CN(N=O)CC2C1. The summed E-state index contributed by atoms with van der Waals surface area (Å²) in [6.45, 7) is 8.37. The number of rotatable bonds is 1. The van der Waals surface area contributed by atoms with Crippen molar-refractivity contribution in [3.8, 4) is 0 Å². The molecule has 6 heteroatoms. The minimum Gasteiger partial charge on any atom is -0.444 e. The molecule has 0 bridgehead atoms. The molecule has 0 aromatic heterocycles. The van der Waals surface area contributed by atoms with E-state index in [1.807, 2.05) is 20.8 Å². The number of ether oxygens (including phenoxy) is 1. The van der Waals surface area contributed by atoms with Gasteiger partial charge in [-0.15, -0.1) is 4.91 Å². The molecule has 0 aromatic carbocycles. The number of hydrogen-bond acceptors (Lipinski definition) is 4. The number of fused-ring (bicyclic) bond motifs is 1. The minimum atomic E-state index is -0.458. The van der Waals surface area contributed by atoms with E-state index in [9.17, 15) is 9.70 Å². The first-order chi connectivity index (χ1) is 8.39. The second-order valence-corrected chi connectivity index (χ2v) is 6.19. The van der Waals surface area contributed by atoms with E-state index in [-0.39, 0.29) is 6.09 Å². The fourth-order valence-corrected chi connectivity index (χ4v) is 2.70. The molecule has 2 rings (SSSR count). The number of piperidine rings is 1. The van der Waals surface area contributed by atoms with Gasteiger partial charge in [0.1, 0.15) is 5.60 Å². The van der Waals surface area contributed by atoms with Crippen molar-refractivity contribution < 1.29 is 9.53 Å². The minimum absolute atomic E-state index is 0.251. The van der Waals surface area contributed by atoms with Crippen LogP contribution in [0.15, 0.2) is 5.29 Å². The molecule has 0 radical (unpaired) electrons. The van der Waals surface area contributed by atoms with E-state index in [0.717, 1.165) is 13.0 Å². The van der Waals surface area contributed by atoms with Gasteiger partial charge in [-0.05, 0) is 33.1 Å². The van der Waals surface area contributed by atoms with Crippen molar-refractivity contribution in [2.24, 2.45) is 17.1 Å². The Bertz CT molecular complexity index is 340. The first-order valence-corrected chi connectivity index (χ1v) is 6.45. The Balaban J connectivity index is 1.91. The number of likely N-dealkylation sites (tertiary alicyclic amines) is 1. The summed E-state index contributed by atoms with van der Waals surface area (Å²) in [7, 11) is 0. The third kappa shape index (κ3) is 2.91. The fraction of sp³-hybridized carbons (Fsp3) is 0.917. The Morgan fingerprint density at radius 2 is 1.89 bits per heavy atom. The second kappa shape index (κ2) is 4.74. The summed E-state index contributed by atoms with van der Waals surface area (Å²) in [6.07, 6.45) is 0.675. The second-order valence-electron chi connectivity index (χ2n) is 6.19. The van der Waals surface area contributed by atoms with Crippen LogP contribution in [0.2, 0.25) is 0 Å². The van der Waals surface area contributed by atoms with E-state index in [4.69, 9.17) is 4.74 Å². The van der Waals surface area contributed by atoms with Crippen LogP contribution in [0.25, 0.3) is 0 Å². The standard InChI is InChI=1S/C12H21N3O3/c1-12(2,3)18-11(16)14-5-4-9-7-15(13-17)8-10(9)6-14/h9-10H,4-8H2,1-3H3. The third-order valence-corrected chi connectivity index (χ3v) is 3.55. The number of carbonyl (C=O) groups excluding carboxylic acids is 1. The maximum Gasteiger partial charge on any atom is 0.410 e. The summed E-state index contributed by atoms with van der Waals surface area (Å²) in [4.78, 5) is 24.2. The van der Waals surface area contributed by atoms with E-state index in [1.165, 1.54) is 0 Å². The van der Waals surface area contributed by atoms with Gasteiger partial charge in [-0.1, -0.05) is 0 Å². The summed E-state index contributed by atoms with van der Waals surface area (Å²) < 4.78 is 5.37. The lowest BCUT2D eigenvalue weighted by molar-refractivity contribution is 0.0139. The van der Waals surface area contributed by atoms with Crippen molar-refractivity contribution in [3.63, 3.8) is 0 Å². The Hall–Kier alpha value is -1.33. The summed E-state index contributed by atoms with van der Waals surface area (Å²) >= 11 is 0. The number of hydrogen-bond donors (Lipinski definition) is 0. The van der Waals surface area contributed by atoms with Crippen LogP contribution in [0.4, 0.5) is 4.79 Å². The van der Waals surface area contributed by atoms with Crippen molar-refractivity contribution in [2.75, 3.05) is 26.2 Å². The molecule has 0 N–H and O–H groups in total. The number of nitroso groups, excluding NO2 is 1. The van der Waals surface area contributed by atoms with Gasteiger partial charge in [0.05, 0.1) is 5.29 Å². The molecule has 0 saturated carbocycles. The van der Waals surface area contributed by atoms with Gasteiger partial charge >= 0.3 is 6.09 Å². The molecule has 102 valence electrons. The zero-order valence-electron chi connectivity index (χ0n) is 11.3. The molecule has 6 nitrogen and oxygen atoms in total. The van der Waals surface area contributed by atoms with Crippen LogP contribution in [0.3, 0.4) is 0 Å². The van der Waals surface area contributed by atoms with Crippen LogP contribution in [0, 0.1) is 16.7 Å². The maximum absolute atomic E-state index is 12.0. The van der Waals surface area contributed by atoms with Gasteiger partial charge in [0.15, 0.2) is 0 Å². The summed E-state index contributed by atoms with van der Waals surface area (Å²) in [5.74, 6) is 0.838. The van der Waals surface area contributed by atoms with Crippen LogP contribution in [-0.4, -0.2) is 47.8 Å². The highest BCUT2D eigenvalue weighted by molar-refractivity contribution is 5.68. The van der Waals surface area contributed by atoms with Gasteiger partial charge in [0.2, 0.25) is 0 Å². The van der Waals surface area contributed by atoms with Gasteiger partial charge in [0.25, 0.3) is 0 Å². The van der Waals surface area contributed by atoms with E-state index >= 15 is 0 Å². The lowest BCUT2D eigenvalue weighted by Crippen LogP contribution is -2.45. The molecular formula is C12H21N3O3. The van der Waals surface area contributed by atoms with Gasteiger partial charge in [-0.3, -0.25) is 5.01 Å². The largest absolute Gasteiger partial charge is 0.444 e. The van der Waals surface area contributed by atoms with Crippen LogP contribution in [0.5, 0.6) is 0 Å². The lowest BCUT2D eigenvalue weighted by Gasteiger charge is -2.35. The number of amides is 1. The highest BCUT2D eigenvalue weighted by atomic mass is 16.6. The van der Waals surface area contributed by atoms with E-state index in [2.05, 4.69) is 5.29 Å². The fourth-order valence-electron chi connectivity index (χ4n) is 2.70. The molecular weight excluding hydrogens is 234 g/mol. The zero-order chi connectivity index (χ0) is 13.3. The Morgan fingerprint density at radius 1 is 1.22 bits per heavy atom. The molecule has 2 atom stereocenters. The van der Waals surface area contributed by atoms with E-state index in [0.29, 0.717) is 31.5 Å². The van der Waals surface area contributed by atoms with E-state index in [1.54, 1.807) is 9.91 Å². The normalized spacial score (nSPS) is 27.9. The maximum atomic E-state index is 12.0. The first kappa shape index (κ1) is 13.1. The van der Waals surface area contributed by atoms with Crippen molar-refractivity contribution in [2.45, 2.75) is 32.8 Å². The Kier molecular flexibility index (Phi) is 3.45. The lowest BCUT2D eigenvalue weighted by atomic mass is 9.89. The van der Waals surface area contributed by atoms with Gasteiger partial charge in [-0.2, -0.15) is 0 Å². The third-order valence-electron chi connectivity index (χ3n) is 3.55. The van der Waals surface area contributed by atoms with E-state index < -0.39 is 5.60 Å². The molecule has 0 spiro atoms. The quantitative estimate of drug-likeness (QED) is 0.671. The van der Waals surface area contributed by atoms with Crippen molar-refractivity contribution in [1.29, 1.82) is 0 Å². The molecule has 2 unspecified atom stereocenters. The molecule has 2 fully saturated rings. The van der Waals surface area contributed by atoms with Gasteiger partial charge in [0, 0.05) is 32.1 Å². The molecule has 18 heavy (non-hydrogen) atoms. The molecule has 2 aliphatic rings. The van der Waals surface area contributed by atoms with Crippen LogP contribution in [-0.2, 0) is 4.74 Å². The predicted octanol–water partition coefficient (Wildman–Crippen LogP) is 1.86. The Labute approximate surface area is 107 Å². The van der Waals surface area contributed by atoms with Gasteiger partial charge < -0.3 is 9.64 Å². The average molecular weight is 255 g/mol. The van der Waals surface area contributed by atoms with Crippen molar-refractivity contribution in [3.05, 3.63) is 4.91 Å². The Morgan fingerprint density at radius 3 is 2.50 bits per heavy atom. The molecule has 2 aliphatic heterocycles. The summed E-state index contributed by atoms with van der Waals surface area (Å²) in [5, 5.41) is 4.55. The number of nitrogens with zero attached hydrogens (tertiary/aromatic N) is 3. The topological polar surface area (TPSA) is 62.2 Å². The molecule has 0 aromatic rings. The highest BCUT2D eigenvalue weighted by Gasteiger charge is 2.39. The molecule has 2 saturated heterocycles. The average Bonchev–Trinajstić information content (AvgIpc) is 2.68. The monoisotopic (exact) mass is 255 g/mol. The summed E-state index contributed by atoms with van der Waals surface area (Å²) in [6, 6.07) is 0. The number of carbonyl (C=O) groups is 1. The van der Waals surface area contributed by atoms with Crippen LogP contribution >= 0.6 is 0 Å². The summed E-state index contributed by atoms with van der Waals surface area (Å²) in [5.41, 5.74) is -0.458. The van der Waals surface area contributed by atoms with Gasteiger partial charge in [-0.25, -0.2) is 4.79 Å².